The molecule has 0 bridgehead atoms. The Bertz CT molecular complexity index is 2230. The number of nitrogens with zero attached hydrogens (tertiary/aromatic N) is 1. The van der Waals surface area contributed by atoms with Crippen molar-refractivity contribution in [1.82, 2.24) is 15.6 Å². The fraction of sp³-hybridized carbons (Fsp3) is 0.404. The van der Waals surface area contributed by atoms with E-state index in [4.69, 9.17) is 10.5 Å². The van der Waals surface area contributed by atoms with Crippen molar-refractivity contribution in [3.63, 3.8) is 0 Å². The van der Waals surface area contributed by atoms with Gasteiger partial charge in [-0.3, -0.25) is 9.59 Å². The van der Waals surface area contributed by atoms with Crippen LogP contribution < -0.4 is 21.1 Å². The van der Waals surface area contributed by atoms with Crippen LogP contribution in [0.15, 0.2) is 109 Å². The highest BCUT2D eigenvalue weighted by Gasteiger charge is 2.40. The number of phenols is 1. The number of rotatable bonds is 20. The quantitative estimate of drug-likeness (QED) is 0.0344. The lowest BCUT2D eigenvalue weighted by atomic mass is 9.65. The Balaban J connectivity index is 0.965. The normalized spacial score (nSPS) is 19.8. The molecule has 320 valence electrons. The van der Waals surface area contributed by atoms with E-state index in [2.05, 4.69) is 82.4 Å². The van der Waals surface area contributed by atoms with Crippen LogP contribution in [0.3, 0.4) is 0 Å². The Kier molecular flexibility index (Phi) is 15.4. The summed E-state index contributed by atoms with van der Waals surface area (Å²) < 4.78 is 5.45. The number of phenolic OH excluding ortho intramolecular Hbond substituents is 1. The molecule has 3 heterocycles. The van der Waals surface area contributed by atoms with E-state index in [-0.39, 0.29) is 29.5 Å². The first-order chi connectivity index (χ1) is 29.8. The predicted octanol–water partition coefficient (Wildman–Crippen LogP) is 7.70. The molecule has 9 heteroatoms. The number of hydrogen-bond donors (Lipinski definition) is 5. The summed E-state index contributed by atoms with van der Waals surface area (Å²) in [5.74, 6) is 2.00. The Labute approximate surface area is 361 Å². The van der Waals surface area contributed by atoms with E-state index in [1.54, 1.807) is 18.3 Å². The molecular formula is C52H62N4O5. The Hall–Kier alpha value is -5.35. The predicted molar refractivity (Wildman–Crippen MR) is 244 cm³/mol. The van der Waals surface area contributed by atoms with Gasteiger partial charge in [0.2, 0.25) is 0 Å². The molecule has 7 rings (SSSR count). The average Bonchev–Trinajstić information content (AvgIpc) is 3.27. The zero-order valence-corrected chi connectivity index (χ0v) is 35.6. The van der Waals surface area contributed by atoms with Gasteiger partial charge in [-0.15, -0.1) is 0 Å². The smallest absolute Gasteiger partial charge is 0.163 e. The number of aryl methyl sites for hydroxylation is 4. The molecule has 0 spiro atoms. The minimum atomic E-state index is -0.435. The number of nitrogen functional groups attached to an aromatic ring is 1. The van der Waals surface area contributed by atoms with Gasteiger partial charge >= 0.3 is 0 Å². The lowest BCUT2D eigenvalue weighted by Crippen LogP contribution is -2.51. The van der Waals surface area contributed by atoms with Gasteiger partial charge in [0.25, 0.3) is 0 Å². The largest absolute Gasteiger partial charge is 0.504 e. The summed E-state index contributed by atoms with van der Waals surface area (Å²) in [4.78, 5) is 30.8. The van der Waals surface area contributed by atoms with Crippen molar-refractivity contribution in [2.75, 3.05) is 39.1 Å². The maximum absolute atomic E-state index is 13.4. The third-order valence-electron chi connectivity index (χ3n) is 12.9. The van der Waals surface area contributed by atoms with E-state index >= 15 is 0 Å². The second-order valence-corrected chi connectivity index (χ2v) is 17.1. The number of Topliss-reactive ketones (excluding diaryl/α,β-unsaturated/α-hetero) is 1. The SMILES string of the molecule is COc1cc(C(=CC(=O)CC(=O)CCCCC[C@@H]2[C@H]3CCNC[C@@H]3C=C3C=CCN[C@H]32)CO)c(Cc2cnc(N)cc2CCc2cccc(CCc3ccccc3)c2)cc1O. The number of nitrogens with one attached hydrogen (secondary N) is 2. The number of carbonyl (C=O) groups is 2. The van der Waals surface area contributed by atoms with Crippen molar-refractivity contribution in [2.24, 2.45) is 17.8 Å². The topological polar surface area (TPSA) is 147 Å². The molecule has 1 fully saturated rings. The highest BCUT2D eigenvalue weighted by Crippen LogP contribution is 2.41. The van der Waals surface area contributed by atoms with Crippen LogP contribution in [0.2, 0.25) is 0 Å². The lowest BCUT2D eigenvalue weighted by molar-refractivity contribution is -0.124. The molecule has 0 radical (unpaired) electrons. The number of carbonyl (C=O) groups excluding carboxylic acids is 2. The highest BCUT2D eigenvalue weighted by molar-refractivity contribution is 6.07. The van der Waals surface area contributed by atoms with Gasteiger partial charge in [0.15, 0.2) is 17.3 Å². The molecular weight excluding hydrogens is 761 g/mol. The van der Waals surface area contributed by atoms with Gasteiger partial charge in [-0.2, -0.15) is 0 Å². The number of aliphatic hydroxyl groups is 1. The summed E-state index contributed by atoms with van der Waals surface area (Å²) in [5.41, 5.74) is 15.0. The summed E-state index contributed by atoms with van der Waals surface area (Å²) >= 11 is 0. The van der Waals surface area contributed by atoms with Crippen LogP contribution in [-0.4, -0.2) is 66.2 Å². The molecule has 1 aliphatic carbocycles. The summed E-state index contributed by atoms with van der Waals surface area (Å²) in [6, 6.07) is 24.8. The molecule has 4 aromatic rings. The number of aromatic hydroxyl groups is 1. The third kappa shape index (κ3) is 11.7. The van der Waals surface area contributed by atoms with E-state index in [1.165, 1.54) is 41.9 Å². The lowest BCUT2D eigenvalue weighted by Gasteiger charge is -2.46. The molecule has 1 aromatic heterocycles. The highest BCUT2D eigenvalue weighted by atomic mass is 16.5. The minimum Gasteiger partial charge on any atom is -0.504 e. The average molecular weight is 823 g/mol. The maximum Gasteiger partial charge on any atom is 0.163 e. The van der Waals surface area contributed by atoms with E-state index < -0.39 is 6.61 Å². The molecule has 3 aliphatic rings. The van der Waals surface area contributed by atoms with Gasteiger partial charge in [-0.1, -0.05) is 85.7 Å². The molecule has 0 saturated carbocycles. The van der Waals surface area contributed by atoms with Gasteiger partial charge < -0.3 is 31.3 Å². The van der Waals surface area contributed by atoms with Gasteiger partial charge in [-0.05, 0) is 150 Å². The fourth-order valence-electron chi connectivity index (χ4n) is 9.79. The number of fused-ring (bicyclic) bond motifs is 2. The minimum absolute atomic E-state index is 0.0554. The monoisotopic (exact) mass is 822 g/mol. The van der Waals surface area contributed by atoms with E-state index in [9.17, 15) is 19.8 Å². The van der Waals surface area contributed by atoms with Crippen molar-refractivity contribution < 1.29 is 24.5 Å². The van der Waals surface area contributed by atoms with E-state index in [1.807, 2.05) is 12.1 Å². The number of benzene rings is 3. The first kappa shape index (κ1) is 43.7. The van der Waals surface area contributed by atoms with Crippen LogP contribution in [0.4, 0.5) is 5.82 Å². The standard InChI is InChI=1S/C52H62N4O5/c1-61-50-31-48(43(34-57)27-45(59)30-44(58)15-6-3-7-16-47-46-21-23-54-32-42(46)25-39-14-9-22-55-52(39)47)40(28-49(50)60)26-41-33-56-51(53)29-38(41)20-19-37-13-8-12-36(24-37)18-17-35-10-4-2-5-11-35/h2,4-5,8-14,24-25,27-29,31,33,42,46-47,52,54-55,57,60H,3,6-7,15-23,26,30,32,34H2,1H3,(H2,53,56)/t42-,46-,47+,52+/m0/s1. The number of allylic oxidation sites excluding steroid dienone is 1. The molecule has 61 heavy (non-hydrogen) atoms. The Morgan fingerprint density at radius 2 is 1.70 bits per heavy atom. The number of pyridine rings is 1. The van der Waals surface area contributed by atoms with Crippen LogP contribution >= 0.6 is 0 Å². The van der Waals surface area contributed by atoms with E-state index in [0.29, 0.717) is 59.2 Å². The molecule has 3 aromatic carbocycles. The Morgan fingerprint density at radius 3 is 2.51 bits per heavy atom. The number of piperidine rings is 1. The third-order valence-corrected chi connectivity index (χ3v) is 12.9. The molecule has 0 unspecified atom stereocenters. The number of ether oxygens (including phenoxy) is 1. The van der Waals surface area contributed by atoms with Gasteiger partial charge in [0.1, 0.15) is 11.6 Å². The zero-order valence-electron chi connectivity index (χ0n) is 35.6. The summed E-state index contributed by atoms with van der Waals surface area (Å²) in [7, 11) is 1.46. The Morgan fingerprint density at radius 1 is 0.918 bits per heavy atom. The van der Waals surface area contributed by atoms with Crippen LogP contribution in [0.5, 0.6) is 11.5 Å². The molecule has 9 nitrogen and oxygen atoms in total. The van der Waals surface area contributed by atoms with E-state index in [0.717, 1.165) is 82.1 Å². The van der Waals surface area contributed by atoms with Crippen LogP contribution in [0.1, 0.15) is 83.9 Å². The number of anilines is 1. The zero-order chi connectivity index (χ0) is 42.6. The van der Waals surface area contributed by atoms with Gasteiger partial charge in [0, 0.05) is 31.7 Å². The molecule has 4 atom stereocenters. The van der Waals surface area contributed by atoms with Crippen molar-refractivity contribution >= 4 is 23.0 Å². The first-order valence-electron chi connectivity index (χ1n) is 22.2. The molecule has 2 aliphatic heterocycles. The van der Waals surface area contributed by atoms with Crippen LogP contribution in [0.25, 0.3) is 5.57 Å². The summed E-state index contributed by atoms with van der Waals surface area (Å²) in [5, 5.41) is 28.8. The molecule has 0 amide bonds. The van der Waals surface area contributed by atoms with Crippen molar-refractivity contribution in [2.45, 2.75) is 83.1 Å². The number of ketones is 2. The van der Waals surface area contributed by atoms with Crippen molar-refractivity contribution in [3.8, 4) is 11.5 Å². The van der Waals surface area contributed by atoms with Crippen LogP contribution in [-0.2, 0) is 41.7 Å². The second kappa shape index (κ2) is 21.4. The number of aromatic nitrogens is 1. The maximum atomic E-state index is 13.4. The second-order valence-electron chi connectivity index (χ2n) is 17.1. The number of hydrogen-bond acceptors (Lipinski definition) is 9. The number of unbranched alkanes of at least 4 members (excludes halogenated alkanes) is 2. The van der Waals surface area contributed by atoms with Gasteiger partial charge in [-0.25, -0.2) is 4.98 Å². The summed E-state index contributed by atoms with van der Waals surface area (Å²) in [6.07, 6.45) is 19.2. The first-order valence-corrected chi connectivity index (χ1v) is 22.2. The van der Waals surface area contributed by atoms with Crippen molar-refractivity contribution in [1.29, 1.82) is 0 Å². The van der Waals surface area contributed by atoms with Crippen molar-refractivity contribution in [3.05, 3.63) is 148 Å². The van der Waals surface area contributed by atoms with Gasteiger partial charge in [0.05, 0.1) is 20.1 Å². The molecule has 1 saturated heterocycles. The number of aliphatic hydroxyl groups excluding tert-OH is 1. The number of nitrogens with two attached hydrogens (primary N) is 1. The molecule has 6 N–H and O–H groups in total. The number of methoxy groups -OCH3 is 1. The summed E-state index contributed by atoms with van der Waals surface area (Å²) in [6.45, 7) is 2.61. The fourth-order valence-corrected chi connectivity index (χ4v) is 9.79. The van der Waals surface area contributed by atoms with Crippen LogP contribution in [0, 0.1) is 17.8 Å².